The van der Waals surface area contributed by atoms with Gasteiger partial charge in [0.15, 0.2) is 0 Å². The lowest BCUT2D eigenvalue weighted by Crippen LogP contribution is -2.00. The third-order valence-corrected chi connectivity index (χ3v) is 3.02. The lowest BCUT2D eigenvalue weighted by atomic mass is 10.2. The summed E-state index contributed by atoms with van der Waals surface area (Å²) in [7, 11) is 0. The second-order valence-electron chi connectivity index (χ2n) is 3.31. The first-order valence-electron chi connectivity index (χ1n) is 5.20. The van der Waals surface area contributed by atoms with E-state index in [1.165, 1.54) is 12.1 Å². The van der Waals surface area contributed by atoms with Gasteiger partial charge in [0, 0.05) is 0 Å². The predicted octanol–water partition coefficient (Wildman–Crippen LogP) is 3.66. The molecule has 0 radical (unpaired) electrons. The fourth-order valence-electron chi connectivity index (χ4n) is 1.26. The largest absolute Gasteiger partial charge is 0.493 e. The molecule has 0 atom stereocenters. The summed E-state index contributed by atoms with van der Waals surface area (Å²) in [6.07, 6.45) is 1.04. The Morgan fingerprint density at radius 1 is 1.40 bits per heavy atom. The Morgan fingerprint density at radius 2 is 2.20 bits per heavy atom. The molecule has 0 aliphatic carbocycles. The molecular weight excluding hydrogens is 211 g/mol. The summed E-state index contributed by atoms with van der Waals surface area (Å²) in [5.41, 5.74) is 0.859. The highest BCUT2D eigenvalue weighted by molar-refractivity contribution is 7.99. The molecular formula is C12H17FOS. The first kappa shape index (κ1) is 12.4. The van der Waals surface area contributed by atoms with Crippen molar-refractivity contribution in [1.29, 1.82) is 0 Å². The summed E-state index contributed by atoms with van der Waals surface area (Å²) >= 11 is 1.91. The number of benzene rings is 1. The molecule has 1 nitrogen and oxygen atoms in total. The van der Waals surface area contributed by atoms with Crippen molar-refractivity contribution in [3.8, 4) is 5.75 Å². The molecule has 0 amide bonds. The average Bonchev–Trinajstić information content (AvgIpc) is 2.20. The van der Waals surface area contributed by atoms with Crippen molar-refractivity contribution in [3.05, 3.63) is 29.6 Å². The third kappa shape index (κ3) is 4.56. The Labute approximate surface area is 95.0 Å². The van der Waals surface area contributed by atoms with E-state index in [9.17, 15) is 4.39 Å². The number of hydrogen-bond donors (Lipinski definition) is 0. The van der Waals surface area contributed by atoms with Gasteiger partial charge in [-0.2, -0.15) is 11.8 Å². The minimum Gasteiger partial charge on any atom is -0.493 e. The zero-order chi connectivity index (χ0) is 11.1. The molecule has 3 heteroatoms. The standard InChI is InChI=1S/C12H17FOS/c1-3-15-8-4-7-14-12-6-5-11(13)9-10(12)2/h5-6,9H,3-4,7-8H2,1-2H3. The summed E-state index contributed by atoms with van der Waals surface area (Å²) in [5, 5.41) is 0. The van der Waals surface area contributed by atoms with Crippen molar-refractivity contribution in [1.82, 2.24) is 0 Å². The van der Waals surface area contributed by atoms with E-state index < -0.39 is 0 Å². The fraction of sp³-hybridized carbons (Fsp3) is 0.500. The smallest absolute Gasteiger partial charge is 0.123 e. The van der Waals surface area contributed by atoms with E-state index in [0.29, 0.717) is 6.61 Å². The van der Waals surface area contributed by atoms with Crippen LogP contribution in [-0.4, -0.2) is 18.1 Å². The average molecular weight is 228 g/mol. The molecule has 1 rings (SSSR count). The van der Waals surface area contributed by atoms with Gasteiger partial charge in [0.05, 0.1) is 6.61 Å². The molecule has 15 heavy (non-hydrogen) atoms. The normalized spacial score (nSPS) is 10.3. The maximum atomic E-state index is 12.8. The maximum absolute atomic E-state index is 12.8. The maximum Gasteiger partial charge on any atom is 0.123 e. The molecule has 0 aromatic heterocycles. The van der Waals surface area contributed by atoms with Crippen LogP contribution < -0.4 is 4.74 Å². The van der Waals surface area contributed by atoms with Crippen LogP contribution in [0, 0.1) is 12.7 Å². The van der Waals surface area contributed by atoms with Crippen LogP contribution in [-0.2, 0) is 0 Å². The molecule has 0 aliphatic heterocycles. The molecule has 0 aliphatic rings. The summed E-state index contributed by atoms with van der Waals surface area (Å²) in [4.78, 5) is 0. The molecule has 0 spiro atoms. The van der Waals surface area contributed by atoms with Gasteiger partial charge >= 0.3 is 0 Å². The molecule has 0 unspecified atom stereocenters. The Kier molecular flexibility index (Phi) is 5.54. The van der Waals surface area contributed by atoms with Gasteiger partial charge in [0.25, 0.3) is 0 Å². The highest BCUT2D eigenvalue weighted by Crippen LogP contribution is 2.18. The van der Waals surface area contributed by atoms with Crippen molar-refractivity contribution < 1.29 is 9.13 Å². The van der Waals surface area contributed by atoms with Gasteiger partial charge in [-0.3, -0.25) is 0 Å². The van der Waals surface area contributed by atoms with Crippen molar-refractivity contribution in [2.24, 2.45) is 0 Å². The monoisotopic (exact) mass is 228 g/mol. The second kappa shape index (κ2) is 6.72. The van der Waals surface area contributed by atoms with Crippen molar-refractivity contribution in [2.75, 3.05) is 18.1 Å². The number of rotatable bonds is 6. The predicted molar refractivity (Wildman–Crippen MR) is 64.2 cm³/mol. The first-order valence-corrected chi connectivity index (χ1v) is 6.36. The van der Waals surface area contributed by atoms with Crippen LogP contribution in [0.25, 0.3) is 0 Å². The van der Waals surface area contributed by atoms with Gasteiger partial charge in [0.1, 0.15) is 11.6 Å². The Hall–Kier alpha value is -0.700. The number of halogens is 1. The minimum atomic E-state index is -0.207. The van der Waals surface area contributed by atoms with Crippen molar-refractivity contribution in [3.63, 3.8) is 0 Å². The molecule has 0 heterocycles. The third-order valence-electron chi connectivity index (χ3n) is 2.03. The van der Waals surface area contributed by atoms with Crippen LogP contribution in [0.1, 0.15) is 18.9 Å². The van der Waals surface area contributed by atoms with E-state index >= 15 is 0 Å². The fourth-order valence-corrected chi connectivity index (χ4v) is 1.87. The quantitative estimate of drug-likeness (QED) is 0.687. The molecule has 0 saturated carbocycles. The molecule has 84 valence electrons. The Balaban J connectivity index is 2.31. The van der Waals surface area contributed by atoms with E-state index in [1.807, 2.05) is 18.7 Å². The lowest BCUT2D eigenvalue weighted by Gasteiger charge is -2.08. The molecule has 0 bridgehead atoms. The van der Waals surface area contributed by atoms with Crippen LogP contribution in [0.2, 0.25) is 0 Å². The molecule has 0 fully saturated rings. The number of thioether (sulfide) groups is 1. The van der Waals surface area contributed by atoms with E-state index in [2.05, 4.69) is 6.92 Å². The number of hydrogen-bond acceptors (Lipinski definition) is 2. The highest BCUT2D eigenvalue weighted by atomic mass is 32.2. The second-order valence-corrected chi connectivity index (χ2v) is 4.70. The van der Waals surface area contributed by atoms with E-state index in [-0.39, 0.29) is 5.82 Å². The molecule has 0 N–H and O–H groups in total. The van der Waals surface area contributed by atoms with Crippen molar-refractivity contribution in [2.45, 2.75) is 20.3 Å². The van der Waals surface area contributed by atoms with Gasteiger partial charge in [-0.05, 0) is 48.6 Å². The number of ether oxygens (including phenoxy) is 1. The first-order chi connectivity index (χ1) is 7.24. The minimum absolute atomic E-state index is 0.207. The summed E-state index contributed by atoms with van der Waals surface area (Å²) in [6.45, 7) is 4.72. The summed E-state index contributed by atoms with van der Waals surface area (Å²) in [5.74, 6) is 2.85. The van der Waals surface area contributed by atoms with Crippen LogP contribution in [0.4, 0.5) is 4.39 Å². The van der Waals surface area contributed by atoms with Gasteiger partial charge < -0.3 is 4.74 Å². The van der Waals surface area contributed by atoms with Crippen LogP contribution in [0.15, 0.2) is 18.2 Å². The SMILES string of the molecule is CCSCCCOc1ccc(F)cc1C. The zero-order valence-electron chi connectivity index (χ0n) is 9.25. The summed E-state index contributed by atoms with van der Waals surface area (Å²) < 4.78 is 18.3. The van der Waals surface area contributed by atoms with E-state index in [0.717, 1.165) is 29.2 Å². The van der Waals surface area contributed by atoms with Gasteiger partial charge in [-0.25, -0.2) is 4.39 Å². The molecule has 1 aromatic rings. The molecule has 1 aromatic carbocycles. The van der Waals surface area contributed by atoms with E-state index in [4.69, 9.17) is 4.74 Å². The highest BCUT2D eigenvalue weighted by Gasteiger charge is 2.00. The van der Waals surface area contributed by atoms with Gasteiger partial charge in [-0.1, -0.05) is 6.92 Å². The lowest BCUT2D eigenvalue weighted by molar-refractivity contribution is 0.316. The van der Waals surface area contributed by atoms with Crippen LogP contribution >= 0.6 is 11.8 Å². The zero-order valence-corrected chi connectivity index (χ0v) is 10.1. The number of aryl methyl sites for hydroxylation is 1. The van der Waals surface area contributed by atoms with Crippen LogP contribution in [0.5, 0.6) is 5.75 Å². The van der Waals surface area contributed by atoms with E-state index in [1.54, 1.807) is 6.07 Å². The Bertz CT molecular complexity index is 302. The van der Waals surface area contributed by atoms with Gasteiger partial charge in [-0.15, -0.1) is 0 Å². The molecule has 0 saturated heterocycles. The van der Waals surface area contributed by atoms with Crippen LogP contribution in [0.3, 0.4) is 0 Å². The van der Waals surface area contributed by atoms with Crippen molar-refractivity contribution >= 4 is 11.8 Å². The summed E-state index contributed by atoms with van der Waals surface area (Å²) in [6, 6.07) is 4.62. The topological polar surface area (TPSA) is 9.23 Å². The Morgan fingerprint density at radius 3 is 2.87 bits per heavy atom. The van der Waals surface area contributed by atoms with Gasteiger partial charge in [0.2, 0.25) is 0 Å².